The molecule has 1 aromatic carbocycles. The van der Waals surface area contributed by atoms with Gasteiger partial charge in [-0.05, 0) is 12.1 Å². The number of aliphatic hydroxyl groups excluding tert-OH is 3. The molecule has 1 aromatic rings. The quantitative estimate of drug-likeness (QED) is 0.397. The van der Waals surface area contributed by atoms with Gasteiger partial charge in [0.25, 0.3) is 5.69 Å². The van der Waals surface area contributed by atoms with E-state index in [-0.39, 0.29) is 11.4 Å². The summed E-state index contributed by atoms with van der Waals surface area (Å²) in [5.74, 6) is 0.251. The first-order valence-corrected chi connectivity index (χ1v) is 6.23. The number of non-ortho nitro benzene ring substituents is 1. The largest absolute Gasteiger partial charge is 0.463 e. The average Bonchev–Trinajstić information content (AvgIpc) is 2.48. The molecule has 0 bridgehead atoms. The minimum absolute atomic E-state index is 0.0973. The van der Waals surface area contributed by atoms with Gasteiger partial charge in [-0.25, -0.2) is 0 Å². The predicted octanol–water partition coefficient (Wildman–Crippen LogP) is -1.26. The molecular formula is C12H16N2O7. The van der Waals surface area contributed by atoms with E-state index in [1.54, 1.807) is 0 Å². The van der Waals surface area contributed by atoms with Crippen molar-refractivity contribution in [3.05, 3.63) is 34.4 Å². The smallest absolute Gasteiger partial charge is 0.269 e. The summed E-state index contributed by atoms with van der Waals surface area (Å²) in [4.78, 5) is 10.00. The highest BCUT2D eigenvalue weighted by atomic mass is 16.7. The van der Waals surface area contributed by atoms with Crippen LogP contribution < -0.4 is 10.5 Å². The first-order valence-electron chi connectivity index (χ1n) is 6.23. The molecular weight excluding hydrogens is 284 g/mol. The molecule has 1 saturated heterocycles. The van der Waals surface area contributed by atoms with E-state index in [0.29, 0.717) is 0 Å². The molecule has 1 heterocycles. The third-order valence-electron chi connectivity index (χ3n) is 3.23. The summed E-state index contributed by atoms with van der Waals surface area (Å²) < 4.78 is 10.7. The Morgan fingerprint density at radius 3 is 2.43 bits per heavy atom. The molecule has 0 aliphatic carbocycles. The number of hydrogen-bond acceptors (Lipinski definition) is 8. The van der Waals surface area contributed by atoms with Gasteiger partial charge in [0.1, 0.15) is 24.1 Å². The maximum atomic E-state index is 10.5. The van der Waals surface area contributed by atoms with Gasteiger partial charge >= 0.3 is 0 Å². The van der Waals surface area contributed by atoms with Crippen LogP contribution in [-0.2, 0) is 4.74 Å². The molecule has 0 amide bonds. The molecule has 9 heteroatoms. The second-order valence-corrected chi connectivity index (χ2v) is 4.65. The van der Waals surface area contributed by atoms with Crippen molar-refractivity contribution in [3.8, 4) is 5.75 Å². The summed E-state index contributed by atoms with van der Waals surface area (Å²) in [6.45, 7) is -0.509. The number of nitro benzene ring substituents is 1. The average molecular weight is 300 g/mol. The summed E-state index contributed by atoms with van der Waals surface area (Å²) in [6.07, 6.45) is -4.76. The summed E-state index contributed by atoms with van der Waals surface area (Å²) in [5.41, 5.74) is 5.61. The van der Waals surface area contributed by atoms with Crippen molar-refractivity contribution in [1.82, 2.24) is 0 Å². The lowest BCUT2D eigenvalue weighted by Crippen LogP contribution is -2.63. The Bertz CT molecular complexity index is 493. The molecule has 1 fully saturated rings. The van der Waals surface area contributed by atoms with Crippen LogP contribution in [0, 0.1) is 10.1 Å². The number of aliphatic hydroxyl groups is 3. The third-order valence-corrected chi connectivity index (χ3v) is 3.23. The van der Waals surface area contributed by atoms with E-state index in [2.05, 4.69) is 0 Å². The summed E-state index contributed by atoms with van der Waals surface area (Å²) in [5, 5.41) is 39.0. The van der Waals surface area contributed by atoms with Crippen LogP contribution in [0.3, 0.4) is 0 Å². The van der Waals surface area contributed by atoms with E-state index < -0.39 is 42.2 Å². The number of rotatable bonds is 4. The van der Waals surface area contributed by atoms with E-state index >= 15 is 0 Å². The molecule has 0 aromatic heterocycles. The Hall–Kier alpha value is -1.78. The molecule has 2 rings (SSSR count). The van der Waals surface area contributed by atoms with E-state index in [1.807, 2.05) is 0 Å². The van der Waals surface area contributed by atoms with Crippen LogP contribution in [0.1, 0.15) is 0 Å². The van der Waals surface area contributed by atoms with Gasteiger partial charge in [0.05, 0.1) is 17.6 Å². The normalized spacial score (nSPS) is 32.7. The highest BCUT2D eigenvalue weighted by Crippen LogP contribution is 2.24. The van der Waals surface area contributed by atoms with E-state index in [9.17, 15) is 20.3 Å². The number of nitrogens with zero attached hydrogens (tertiary/aromatic N) is 1. The molecule has 1 aliphatic heterocycles. The highest BCUT2D eigenvalue weighted by molar-refractivity contribution is 5.36. The fourth-order valence-corrected chi connectivity index (χ4v) is 1.99. The summed E-state index contributed by atoms with van der Waals surface area (Å²) >= 11 is 0. The minimum atomic E-state index is -1.32. The van der Waals surface area contributed by atoms with Crippen molar-refractivity contribution in [2.45, 2.75) is 30.6 Å². The van der Waals surface area contributed by atoms with Gasteiger partial charge in [-0.2, -0.15) is 0 Å². The lowest BCUT2D eigenvalue weighted by Gasteiger charge is -2.40. The standard InChI is InChI=1S/C12H16N2O7/c13-9-11(17)10(16)8(5-15)21-12(9)20-7-3-1-6(2-4-7)14(18)19/h1-4,8-12,15-17H,5,13H2/t8-,9-,10-,11-,12?/m1/s1. The van der Waals surface area contributed by atoms with Crippen LogP contribution in [0.4, 0.5) is 5.69 Å². The van der Waals surface area contributed by atoms with E-state index in [0.717, 1.165) is 0 Å². The van der Waals surface area contributed by atoms with E-state index in [1.165, 1.54) is 24.3 Å². The second-order valence-electron chi connectivity index (χ2n) is 4.65. The zero-order valence-electron chi connectivity index (χ0n) is 10.9. The molecule has 116 valence electrons. The number of hydrogen-bond donors (Lipinski definition) is 4. The molecule has 1 aliphatic rings. The molecule has 9 nitrogen and oxygen atoms in total. The molecule has 0 radical (unpaired) electrons. The Kier molecular flexibility index (Phi) is 4.70. The van der Waals surface area contributed by atoms with Crippen molar-refractivity contribution in [3.63, 3.8) is 0 Å². The van der Waals surface area contributed by atoms with Crippen LogP contribution in [-0.4, -0.2) is 57.5 Å². The van der Waals surface area contributed by atoms with Crippen LogP contribution >= 0.6 is 0 Å². The lowest BCUT2D eigenvalue weighted by molar-refractivity contribution is -0.384. The van der Waals surface area contributed by atoms with Crippen LogP contribution in [0.5, 0.6) is 5.75 Å². The zero-order chi connectivity index (χ0) is 15.6. The summed E-state index contributed by atoms with van der Waals surface area (Å²) in [6, 6.07) is 4.19. The van der Waals surface area contributed by atoms with Crippen LogP contribution in [0.15, 0.2) is 24.3 Å². The minimum Gasteiger partial charge on any atom is -0.463 e. The lowest BCUT2D eigenvalue weighted by atomic mass is 9.98. The van der Waals surface area contributed by atoms with Crippen LogP contribution in [0.25, 0.3) is 0 Å². The maximum Gasteiger partial charge on any atom is 0.269 e. The Morgan fingerprint density at radius 1 is 1.29 bits per heavy atom. The molecule has 21 heavy (non-hydrogen) atoms. The topological polar surface area (TPSA) is 148 Å². The second kappa shape index (κ2) is 6.33. The van der Waals surface area contributed by atoms with Crippen LogP contribution in [0.2, 0.25) is 0 Å². The Labute approximate surface area is 119 Å². The van der Waals surface area contributed by atoms with Crippen molar-refractivity contribution in [1.29, 1.82) is 0 Å². The van der Waals surface area contributed by atoms with E-state index in [4.69, 9.17) is 20.3 Å². The first kappa shape index (κ1) is 15.6. The van der Waals surface area contributed by atoms with Gasteiger partial charge in [0.15, 0.2) is 0 Å². The molecule has 1 unspecified atom stereocenters. The SMILES string of the molecule is N[C@H]1C(Oc2ccc([N+](=O)[O-])cc2)O[C@H](CO)[C@@H](O)[C@@H]1O. The monoisotopic (exact) mass is 300 g/mol. The van der Waals surface area contributed by atoms with Crippen molar-refractivity contribution in [2.24, 2.45) is 5.73 Å². The predicted molar refractivity (Wildman–Crippen MR) is 69.5 cm³/mol. The number of nitro groups is 1. The molecule has 0 saturated carbocycles. The first-order chi connectivity index (χ1) is 9.93. The zero-order valence-corrected chi connectivity index (χ0v) is 10.9. The van der Waals surface area contributed by atoms with Gasteiger partial charge < -0.3 is 30.5 Å². The third kappa shape index (κ3) is 3.28. The fourth-order valence-electron chi connectivity index (χ4n) is 1.99. The fraction of sp³-hybridized carbons (Fsp3) is 0.500. The molecule has 5 atom stereocenters. The Morgan fingerprint density at radius 2 is 1.90 bits per heavy atom. The number of nitrogens with two attached hydrogens (primary N) is 1. The molecule has 0 spiro atoms. The van der Waals surface area contributed by atoms with Gasteiger partial charge in [-0.15, -0.1) is 0 Å². The van der Waals surface area contributed by atoms with Gasteiger partial charge in [0.2, 0.25) is 6.29 Å². The molecule has 5 N–H and O–H groups in total. The maximum absolute atomic E-state index is 10.5. The van der Waals surface area contributed by atoms with Gasteiger partial charge in [-0.1, -0.05) is 0 Å². The number of benzene rings is 1. The van der Waals surface area contributed by atoms with Crippen molar-refractivity contribution < 1.29 is 29.7 Å². The number of ether oxygens (including phenoxy) is 2. The van der Waals surface area contributed by atoms with Gasteiger partial charge in [-0.3, -0.25) is 10.1 Å². The van der Waals surface area contributed by atoms with Crippen molar-refractivity contribution in [2.75, 3.05) is 6.61 Å². The summed E-state index contributed by atoms with van der Waals surface area (Å²) in [7, 11) is 0. The highest BCUT2D eigenvalue weighted by Gasteiger charge is 2.43. The Balaban J connectivity index is 2.08. The van der Waals surface area contributed by atoms with Gasteiger partial charge in [0, 0.05) is 12.1 Å². The van der Waals surface area contributed by atoms with Crippen molar-refractivity contribution >= 4 is 5.69 Å².